The number of Topliss-reactive ketones (excluding diaryl/α,β-unsaturated/α-hetero) is 1. The predicted molar refractivity (Wildman–Crippen MR) is 58.2 cm³/mol. The Morgan fingerprint density at radius 2 is 1.77 bits per heavy atom. The quantitative estimate of drug-likeness (QED) is 0.577. The molecule has 0 N–H and O–H groups in total. The van der Waals surface area contributed by atoms with Crippen LogP contribution in [0.1, 0.15) is 52.9 Å². The van der Waals surface area contributed by atoms with Gasteiger partial charge < -0.3 is 0 Å². The van der Waals surface area contributed by atoms with Gasteiger partial charge in [-0.05, 0) is 19.3 Å². The highest BCUT2D eigenvalue weighted by atomic mass is 35.5. The number of halogens is 1. The van der Waals surface area contributed by atoms with Crippen molar-refractivity contribution in [3.63, 3.8) is 0 Å². The molecule has 1 nitrogen and oxygen atoms in total. The number of carbonyl (C=O) groups is 1. The van der Waals surface area contributed by atoms with Crippen molar-refractivity contribution in [1.82, 2.24) is 0 Å². The van der Waals surface area contributed by atoms with Crippen molar-refractivity contribution in [3.05, 3.63) is 0 Å². The van der Waals surface area contributed by atoms with E-state index in [0.717, 1.165) is 32.1 Å². The van der Waals surface area contributed by atoms with Crippen molar-refractivity contribution in [3.8, 4) is 0 Å². The SMILES string of the molecule is CCCCC(Cl)C(=O)C(CC)CC. The maximum atomic E-state index is 11.7. The van der Waals surface area contributed by atoms with Gasteiger partial charge in [0.15, 0.2) is 5.78 Å². The second kappa shape index (κ2) is 7.37. The predicted octanol–water partition coefficient (Wildman–Crippen LogP) is 3.79. The fraction of sp³-hybridized carbons (Fsp3) is 0.909. The van der Waals surface area contributed by atoms with Crippen LogP contribution in [0, 0.1) is 5.92 Å². The van der Waals surface area contributed by atoms with Crippen molar-refractivity contribution >= 4 is 17.4 Å². The first-order valence-electron chi connectivity index (χ1n) is 5.35. The van der Waals surface area contributed by atoms with Crippen LogP contribution < -0.4 is 0 Å². The number of rotatable bonds is 7. The van der Waals surface area contributed by atoms with E-state index in [9.17, 15) is 4.79 Å². The summed E-state index contributed by atoms with van der Waals surface area (Å²) in [6, 6.07) is 0. The van der Waals surface area contributed by atoms with Crippen LogP contribution in [-0.4, -0.2) is 11.2 Å². The van der Waals surface area contributed by atoms with Crippen molar-refractivity contribution in [2.75, 3.05) is 0 Å². The van der Waals surface area contributed by atoms with E-state index in [1.165, 1.54) is 0 Å². The molecule has 2 heteroatoms. The molecule has 0 fully saturated rings. The number of alkyl halides is 1. The van der Waals surface area contributed by atoms with Gasteiger partial charge in [0.2, 0.25) is 0 Å². The van der Waals surface area contributed by atoms with Crippen LogP contribution in [0.15, 0.2) is 0 Å². The topological polar surface area (TPSA) is 17.1 Å². The Labute approximate surface area is 86.9 Å². The van der Waals surface area contributed by atoms with Gasteiger partial charge in [0.25, 0.3) is 0 Å². The van der Waals surface area contributed by atoms with E-state index in [4.69, 9.17) is 11.6 Å². The zero-order valence-electron chi connectivity index (χ0n) is 8.98. The summed E-state index contributed by atoms with van der Waals surface area (Å²) < 4.78 is 0. The van der Waals surface area contributed by atoms with Gasteiger partial charge in [0.1, 0.15) is 0 Å². The minimum atomic E-state index is -0.246. The zero-order valence-corrected chi connectivity index (χ0v) is 9.73. The molecule has 0 saturated heterocycles. The molecule has 0 aromatic carbocycles. The first-order chi connectivity index (χ1) is 6.17. The summed E-state index contributed by atoms with van der Waals surface area (Å²) in [5, 5.41) is -0.246. The third-order valence-corrected chi connectivity index (χ3v) is 2.94. The lowest BCUT2D eigenvalue weighted by atomic mass is 9.94. The molecule has 0 aliphatic heterocycles. The molecule has 0 radical (unpaired) electrons. The van der Waals surface area contributed by atoms with E-state index < -0.39 is 0 Å². The Morgan fingerprint density at radius 1 is 1.23 bits per heavy atom. The Bertz CT molecular complexity index is 141. The Balaban J connectivity index is 3.92. The number of ketones is 1. The fourth-order valence-electron chi connectivity index (χ4n) is 1.47. The van der Waals surface area contributed by atoms with Gasteiger partial charge in [0, 0.05) is 5.92 Å². The lowest BCUT2D eigenvalue weighted by Gasteiger charge is -2.14. The monoisotopic (exact) mass is 204 g/mol. The van der Waals surface area contributed by atoms with Crippen LogP contribution in [0.2, 0.25) is 0 Å². The Hall–Kier alpha value is -0.0400. The summed E-state index contributed by atoms with van der Waals surface area (Å²) >= 11 is 6.01. The lowest BCUT2D eigenvalue weighted by molar-refractivity contribution is -0.122. The summed E-state index contributed by atoms with van der Waals surface area (Å²) in [5.41, 5.74) is 0. The van der Waals surface area contributed by atoms with Crippen LogP contribution in [0.25, 0.3) is 0 Å². The summed E-state index contributed by atoms with van der Waals surface area (Å²) in [6.07, 6.45) is 4.85. The normalized spacial score (nSPS) is 13.3. The van der Waals surface area contributed by atoms with Crippen LogP contribution in [0.3, 0.4) is 0 Å². The molecule has 0 spiro atoms. The minimum Gasteiger partial charge on any atom is -0.298 e. The van der Waals surface area contributed by atoms with Gasteiger partial charge in [-0.15, -0.1) is 11.6 Å². The Kier molecular flexibility index (Phi) is 7.35. The molecule has 0 aromatic heterocycles. The molecule has 1 atom stereocenters. The smallest absolute Gasteiger partial charge is 0.153 e. The molecule has 13 heavy (non-hydrogen) atoms. The molecule has 0 aliphatic rings. The van der Waals surface area contributed by atoms with Crippen molar-refractivity contribution in [2.24, 2.45) is 5.92 Å². The molecule has 0 rings (SSSR count). The first kappa shape index (κ1) is 13.0. The zero-order chi connectivity index (χ0) is 10.3. The molecular formula is C11H21ClO. The largest absolute Gasteiger partial charge is 0.298 e. The number of hydrogen-bond donors (Lipinski definition) is 0. The molecule has 78 valence electrons. The van der Waals surface area contributed by atoms with E-state index >= 15 is 0 Å². The van der Waals surface area contributed by atoms with E-state index in [-0.39, 0.29) is 17.1 Å². The van der Waals surface area contributed by atoms with Gasteiger partial charge in [-0.25, -0.2) is 0 Å². The Morgan fingerprint density at radius 3 is 2.15 bits per heavy atom. The summed E-state index contributed by atoms with van der Waals surface area (Å²) in [7, 11) is 0. The van der Waals surface area contributed by atoms with Crippen LogP contribution >= 0.6 is 11.6 Å². The highest BCUT2D eigenvalue weighted by Crippen LogP contribution is 2.18. The van der Waals surface area contributed by atoms with Crippen LogP contribution in [0.4, 0.5) is 0 Å². The molecule has 0 heterocycles. The highest BCUT2D eigenvalue weighted by Gasteiger charge is 2.21. The van der Waals surface area contributed by atoms with E-state index in [1.54, 1.807) is 0 Å². The highest BCUT2D eigenvalue weighted by molar-refractivity contribution is 6.31. The number of unbranched alkanes of at least 4 members (excludes halogenated alkanes) is 1. The molecule has 0 amide bonds. The van der Waals surface area contributed by atoms with Crippen LogP contribution in [-0.2, 0) is 4.79 Å². The van der Waals surface area contributed by atoms with Crippen molar-refractivity contribution < 1.29 is 4.79 Å². The standard InChI is InChI=1S/C11H21ClO/c1-4-7-8-10(12)11(13)9(5-2)6-3/h9-10H,4-8H2,1-3H3. The lowest BCUT2D eigenvalue weighted by Crippen LogP contribution is -2.23. The second-order valence-corrected chi connectivity index (χ2v) is 4.05. The minimum absolute atomic E-state index is 0.180. The number of hydrogen-bond acceptors (Lipinski definition) is 1. The van der Waals surface area contributed by atoms with E-state index in [0.29, 0.717) is 0 Å². The number of carbonyl (C=O) groups excluding carboxylic acids is 1. The van der Waals surface area contributed by atoms with Gasteiger partial charge in [-0.2, -0.15) is 0 Å². The first-order valence-corrected chi connectivity index (χ1v) is 5.78. The molecular weight excluding hydrogens is 184 g/mol. The summed E-state index contributed by atoms with van der Waals surface area (Å²) in [4.78, 5) is 11.7. The second-order valence-electron chi connectivity index (χ2n) is 3.53. The van der Waals surface area contributed by atoms with Gasteiger partial charge in [-0.1, -0.05) is 33.6 Å². The van der Waals surface area contributed by atoms with Gasteiger partial charge in [0.05, 0.1) is 5.38 Å². The third-order valence-electron chi connectivity index (χ3n) is 2.51. The van der Waals surface area contributed by atoms with Crippen molar-refractivity contribution in [2.45, 2.75) is 58.3 Å². The van der Waals surface area contributed by atoms with Crippen LogP contribution in [0.5, 0.6) is 0 Å². The van der Waals surface area contributed by atoms with Gasteiger partial charge in [-0.3, -0.25) is 4.79 Å². The fourth-order valence-corrected chi connectivity index (χ4v) is 1.80. The summed E-state index contributed by atoms with van der Waals surface area (Å²) in [5.74, 6) is 0.430. The molecule has 1 unspecified atom stereocenters. The molecule has 0 aromatic rings. The van der Waals surface area contributed by atoms with Crippen molar-refractivity contribution in [1.29, 1.82) is 0 Å². The summed E-state index contributed by atoms with van der Waals surface area (Å²) in [6.45, 7) is 6.22. The van der Waals surface area contributed by atoms with E-state index in [1.807, 2.05) is 0 Å². The molecule has 0 saturated carbocycles. The molecule has 0 aliphatic carbocycles. The molecule has 0 bridgehead atoms. The average Bonchev–Trinajstić information content (AvgIpc) is 2.15. The average molecular weight is 205 g/mol. The van der Waals surface area contributed by atoms with Gasteiger partial charge >= 0.3 is 0 Å². The maximum Gasteiger partial charge on any atom is 0.153 e. The maximum absolute atomic E-state index is 11.7. The third kappa shape index (κ3) is 4.66. The van der Waals surface area contributed by atoms with E-state index in [2.05, 4.69) is 20.8 Å².